The topological polar surface area (TPSA) is 58.6 Å². The fourth-order valence-electron chi connectivity index (χ4n) is 2.71. The molecule has 5 heteroatoms. The summed E-state index contributed by atoms with van der Waals surface area (Å²) in [5.41, 5.74) is 2.76. The number of hydrogen-bond acceptors (Lipinski definition) is 3. The van der Waals surface area contributed by atoms with E-state index in [1.54, 1.807) is 42.2 Å². The van der Waals surface area contributed by atoms with Crippen molar-refractivity contribution in [3.8, 4) is 5.75 Å². The second-order valence-electron chi connectivity index (χ2n) is 6.14. The number of nitrogens with one attached hydrogen (secondary N) is 1. The van der Waals surface area contributed by atoms with Crippen molar-refractivity contribution in [2.24, 2.45) is 0 Å². The minimum Gasteiger partial charge on any atom is -0.479 e. The summed E-state index contributed by atoms with van der Waals surface area (Å²) in [5, 5.41) is 2.85. The molecule has 1 heterocycles. The van der Waals surface area contributed by atoms with Crippen LogP contribution in [-0.2, 0) is 4.79 Å². The number of benzene rings is 2. The highest BCUT2D eigenvalue weighted by molar-refractivity contribution is 6.05. The number of nitrogens with zero attached hydrogens (tertiary/aromatic N) is 1. The van der Waals surface area contributed by atoms with Crippen LogP contribution in [0.15, 0.2) is 60.7 Å². The van der Waals surface area contributed by atoms with Crippen LogP contribution in [-0.4, -0.2) is 24.5 Å². The maximum Gasteiger partial charge on any atom is 0.268 e. The van der Waals surface area contributed by atoms with Crippen molar-refractivity contribution in [2.45, 2.75) is 20.0 Å². The minimum atomic E-state index is -0.577. The highest BCUT2D eigenvalue weighted by Crippen LogP contribution is 2.36. The molecular formula is C20H20N2O3. The normalized spacial score (nSPS) is 16.0. The first-order valence-electron chi connectivity index (χ1n) is 8.08. The standard InChI is InChI=1S/C20H20N2O3/c1-13(2)12-22-17-10-9-16(11-18(17)25-14(3)20(22)24)21-19(23)15-7-5-4-6-8-15/h4-11,14H,1,12H2,2-3H3,(H,21,23). The number of hydrogen-bond donors (Lipinski definition) is 1. The van der Waals surface area contributed by atoms with E-state index >= 15 is 0 Å². The Hall–Kier alpha value is -3.08. The first-order chi connectivity index (χ1) is 12.0. The number of anilines is 2. The average Bonchev–Trinajstić information content (AvgIpc) is 2.59. The zero-order chi connectivity index (χ0) is 18.0. The molecule has 2 aromatic rings. The van der Waals surface area contributed by atoms with Crippen LogP contribution in [0, 0.1) is 0 Å². The van der Waals surface area contributed by atoms with Gasteiger partial charge in [0.1, 0.15) is 5.75 Å². The molecule has 0 spiro atoms. The summed E-state index contributed by atoms with van der Waals surface area (Å²) in [4.78, 5) is 26.3. The molecule has 1 atom stereocenters. The molecule has 0 saturated carbocycles. The summed E-state index contributed by atoms with van der Waals surface area (Å²) < 4.78 is 5.71. The van der Waals surface area contributed by atoms with Crippen LogP contribution in [0.1, 0.15) is 24.2 Å². The SMILES string of the molecule is C=C(C)CN1C(=O)C(C)Oc2cc(NC(=O)c3ccccc3)ccc21. The van der Waals surface area contributed by atoms with Gasteiger partial charge >= 0.3 is 0 Å². The van der Waals surface area contributed by atoms with Crippen molar-refractivity contribution in [1.82, 2.24) is 0 Å². The molecular weight excluding hydrogens is 316 g/mol. The van der Waals surface area contributed by atoms with Gasteiger partial charge < -0.3 is 15.0 Å². The number of rotatable bonds is 4. The van der Waals surface area contributed by atoms with E-state index in [-0.39, 0.29) is 11.8 Å². The van der Waals surface area contributed by atoms with E-state index in [1.165, 1.54) is 0 Å². The van der Waals surface area contributed by atoms with Crippen molar-refractivity contribution in [1.29, 1.82) is 0 Å². The molecule has 1 N–H and O–H groups in total. The summed E-state index contributed by atoms with van der Waals surface area (Å²) in [6, 6.07) is 14.3. The number of amides is 2. The summed E-state index contributed by atoms with van der Waals surface area (Å²) >= 11 is 0. The van der Waals surface area contributed by atoms with Crippen LogP contribution in [0.5, 0.6) is 5.75 Å². The van der Waals surface area contributed by atoms with E-state index in [1.807, 2.05) is 25.1 Å². The first kappa shape index (κ1) is 16.8. The minimum absolute atomic E-state index is 0.100. The predicted octanol–water partition coefficient (Wildman–Crippen LogP) is 3.63. The molecule has 2 amide bonds. The third kappa shape index (κ3) is 3.55. The van der Waals surface area contributed by atoms with E-state index in [0.29, 0.717) is 29.2 Å². The summed E-state index contributed by atoms with van der Waals surface area (Å²) in [6.07, 6.45) is -0.577. The fourth-order valence-corrected chi connectivity index (χ4v) is 2.71. The van der Waals surface area contributed by atoms with Crippen molar-refractivity contribution in [3.63, 3.8) is 0 Å². The van der Waals surface area contributed by atoms with E-state index in [9.17, 15) is 9.59 Å². The largest absolute Gasteiger partial charge is 0.479 e. The van der Waals surface area contributed by atoms with Crippen LogP contribution in [0.25, 0.3) is 0 Å². The zero-order valence-electron chi connectivity index (χ0n) is 14.3. The van der Waals surface area contributed by atoms with E-state index in [4.69, 9.17) is 4.74 Å². The zero-order valence-corrected chi connectivity index (χ0v) is 14.3. The summed E-state index contributed by atoms with van der Waals surface area (Å²) in [5.74, 6) is 0.273. The molecule has 1 aliphatic heterocycles. The average molecular weight is 336 g/mol. The van der Waals surface area contributed by atoms with Crippen LogP contribution >= 0.6 is 0 Å². The van der Waals surface area contributed by atoms with Gasteiger partial charge in [-0.15, -0.1) is 0 Å². The lowest BCUT2D eigenvalue weighted by Crippen LogP contribution is -2.45. The van der Waals surface area contributed by atoms with Gasteiger partial charge in [0.25, 0.3) is 11.8 Å². The van der Waals surface area contributed by atoms with Gasteiger partial charge in [0.2, 0.25) is 0 Å². The molecule has 0 fully saturated rings. The number of carbonyl (C=O) groups is 2. The molecule has 0 saturated heterocycles. The first-order valence-corrected chi connectivity index (χ1v) is 8.08. The van der Waals surface area contributed by atoms with Crippen LogP contribution in [0.3, 0.4) is 0 Å². The molecule has 3 rings (SSSR count). The Morgan fingerprint density at radius 1 is 1.24 bits per heavy atom. The van der Waals surface area contributed by atoms with Gasteiger partial charge in [-0.1, -0.05) is 30.4 Å². The lowest BCUT2D eigenvalue weighted by molar-refractivity contribution is -0.125. The number of carbonyl (C=O) groups excluding carboxylic acids is 2. The molecule has 1 aliphatic rings. The molecule has 0 aliphatic carbocycles. The van der Waals surface area contributed by atoms with Crippen LogP contribution in [0.4, 0.5) is 11.4 Å². The van der Waals surface area contributed by atoms with Crippen molar-refractivity contribution in [2.75, 3.05) is 16.8 Å². The number of ether oxygens (including phenoxy) is 1. The summed E-state index contributed by atoms with van der Waals surface area (Å²) in [6.45, 7) is 7.91. The maximum absolute atomic E-state index is 12.4. The number of fused-ring (bicyclic) bond motifs is 1. The van der Waals surface area contributed by atoms with Gasteiger partial charge in [-0.2, -0.15) is 0 Å². The summed E-state index contributed by atoms with van der Waals surface area (Å²) in [7, 11) is 0. The Balaban J connectivity index is 1.86. The van der Waals surface area contributed by atoms with Gasteiger partial charge in [0, 0.05) is 23.9 Å². The quantitative estimate of drug-likeness (QED) is 0.868. The van der Waals surface area contributed by atoms with Gasteiger partial charge in [-0.05, 0) is 38.1 Å². The lowest BCUT2D eigenvalue weighted by Gasteiger charge is -2.33. The van der Waals surface area contributed by atoms with E-state index < -0.39 is 6.10 Å². The Kier molecular flexibility index (Phi) is 4.57. The Labute approximate surface area is 146 Å². The highest BCUT2D eigenvalue weighted by atomic mass is 16.5. The third-order valence-electron chi connectivity index (χ3n) is 3.89. The third-order valence-corrected chi connectivity index (χ3v) is 3.89. The molecule has 25 heavy (non-hydrogen) atoms. The highest BCUT2D eigenvalue weighted by Gasteiger charge is 2.31. The second-order valence-corrected chi connectivity index (χ2v) is 6.14. The monoisotopic (exact) mass is 336 g/mol. The Morgan fingerprint density at radius 2 is 1.96 bits per heavy atom. The molecule has 5 nitrogen and oxygen atoms in total. The molecule has 2 aromatic carbocycles. The van der Waals surface area contributed by atoms with Gasteiger partial charge in [-0.3, -0.25) is 9.59 Å². The Bertz CT molecular complexity index is 830. The molecule has 1 unspecified atom stereocenters. The second kappa shape index (κ2) is 6.81. The van der Waals surface area contributed by atoms with Crippen molar-refractivity contribution in [3.05, 3.63) is 66.2 Å². The van der Waals surface area contributed by atoms with Gasteiger partial charge in [0.05, 0.1) is 5.69 Å². The lowest BCUT2D eigenvalue weighted by atomic mass is 10.1. The smallest absolute Gasteiger partial charge is 0.268 e. The van der Waals surface area contributed by atoms with Crippen molar-refractivity contribution < 1.29 is 14.3 Å². The van der Waals surface area contributed by atoms with E-state index in [2.05, 4.69) is 11.9 Å². The maximum atomic E-state index is 12.4. The van der Waals surface area contributed by atoms with Crippen LogP contribution < -0.4 is 15.0 Å². The van der Waals surface area contributed by atoms with Gasteiger partial charge in [0.15, 0.2) is 6.10 Å². The van der Waals surface area contributed by atoms with E-state index in [0.717, 1.165) is 5.57 Å². The Morgan fingerprint density at radius 3 is 2.64 bits per heavy atom. The molecule has 0 bridgehead atoms. The molecule has 0 radical (unpaired) electrons. The predicted molar refractivity (Wildman–Crippen MR) is 98.1 cm³/mol. The fraction of sp³-hybridized carbons (Fsp3) is 0.200. The molecule has 0 aromatic heterocycles. The van der Waals surface area contributed by atoms with Crippen molar-refractivity contribution >= 4 is 23.2 Å². The van der Waals surface area contributed by atoms with Crippen LogP contribution in [0.2, 0.25) is 0 Å². The molecule has 128 valence electrons. The van der Waals surface area contributed by atoms with Gasteiger partial charge in [-0.25, -0.2) is 0 Å².